The van der Waals surface area contributed by atoms with Gasteiger partial charge in [-0.2, -0.15) is 0 Å². The van der Waals surface area contributed by atoms with Gasteiger partial charge in [0, 0.05) is 0 Å². The molecule has 4 aromatic rings. The van der Waals surface area contributed by atoms with E-state index in [0.717, 1.165) is 32.1 Å². The highest BCUT2D eigenvalue weighted by Crippen LogP contribution is 2.26. The molecule has 0 fully saturated rings. The molecule has 0 bridgehead atoms. The van der Waals surface area contributed by atoms with Crippen LogP contribution in [-0.4, -0.2) is 12.7 Å². The topological polar surface area (TPSA) is 18.5 Å². The highest BCUT2D eigenvalue weighted by Gasteiger charge is 2.31. The normalized spacial score (nSPS) is 11.6. The molecule has 2 nitrogen and oxygen atoms in total. The molecule has 278 valence electrons. The lowest BCUT2D eigenvalue weighted by Gasteiger charge is -2.10. The number of benzene rings is 4. The van der Waals surface area contributed by atoms with Gasteiger partial charge in [0.25, 0.3) is 0 Å². The number of hydrogen-bond donors (Lipinski definition) is 0. The molecule has 4 aromatic carbocycles. The molecule has 0 aliphatic carbocycles. The van der Waals surface area contributed by atoms with Gasteiger partial charge in [-0.3, -0.25) is 0 Å². The summed E-state index contributed by atoms with van der Waals surface area (Å²) in [5, 5.41) is 0. The third kappa shape index (κ3) is 14.1. The molecule has 0 amide bonds. The first-order chi connectivity index (χ1) is 24.1. The summed E-state index contributed by atoms with van der Waals surface area (Å²) in [6.45, 7) is 4.02. The van der Waals surface area contributed by atoms with Gasteiger partial charge >= 0.3 is 12.7 Å². The largest absolute Gasteiger partial charge is 0.573 e. The van der Waals surface area contributed by atoms with Crippen molar-refractivity contribution in [3.05, 3.63) is 129 Å². The van der Waals surface area contributed by atoms with E-state index in [-0.39, 0.29) is 35.5 Å². The van der Waals surface area contributed by atoms with Gasteiger partial charge in [0.15, 0.2) is 23.3 Å². The Kier molecular flexibility index (Phi) is 15.7. The first kappa shape index (κ1) is 41.2. The number of unbranched alkanes of at least 4 members (excludes halogenated alkanes) is 3. The lowest BCUT2D eigenvalue weighted by Crippen LogP contribution is -2.17. The van der Waals surface area contributed by atoms with Crippen molar-refractivity contribution in [2.45, 2.75) is 97.2 Å². The van der Waals surface area contributed by atoms with E-state index in [9.17, 15) is 43.9 Å². The highest BCUT2D eigenvalue weighted by atomic mass is 19.4. The van der Waals surface area contributed by atoms with E-state index >= 15 is 0 Å². The summed E-state index contributed by atoms with van der Waals surface area (Å²) in [6.07, 6.45) is -2.67. The molecule has 0 saturated carbocycles. The van der Waals surface area contributed by atoms with Gasteiger partial charge in [0.1, 0.15) is 11.5 Å². The molecular formula is C39H40F10O2. The second kappa shape index (κ2) is 19.4. The molecule has 0 aromatic heterocycles. The molecule has 12 heteroatoms. The van der Waals surface area contributed by atoms with E-state index in [4.69, 9.17) is 0 Å². The maximum atomic E-state index is 14.2. The summed E-state index contributed by atoms with van der Waals surface area (Å²) in [7, 11) is 0. The zero-order valence-electron chi connectivity index (χ0n) is 28.3. The van der Waals surface area contributed by atoms with Crippen molar-refractivity contribution < 1.29 is 53.4 Å². The molecular weight excluding hydrogens is 690 g/mol. The van der Waals surface area contributed by atoms with Crippen LogP contribution < -0.4 is 9.47 Å². The molecule has 0 aliphatic heterocycles. The maximum Gasteiger partial charge on any atom is 0.573 e. The summed E-state index contributed by atoms with van der Waals surface area (Å²) in [5.41, 5.74) is 2.70. The van der Waals surface area contributed by atoms with E-state index in [2.05, 4.69) is 9.47 Å². The van der Waals surface area contributed by atoms with Crippen LogP contribution in [0.25, 0.3) is 0 Å². The van der Waals surface area contributed by atoms with Crippen molar-refractivity contribution in [1.82, 2.24) is 0 Å². The Balaban J connectivity index is 0.000000276. The SMILES string of the molecule is CCCCCc1ccc(CCc2ccc(OC(F)(F)F)cc2)c(F)c1F.CCCCc1ccc(CCc2ccc(OC(F)(F)F)cc2)c(F)c1F. The molecule has 0 radical (unpaired) electrons. The molecule has 0 heterocycles. The fraction of sp³-hybridized carbons (Fsp3) is 0.385. The zero-order chi connectivity index (χ0) is 37.6. The number of halogens is 10. The molecule has 0 unspecified atom stereocenters. The van der Waals surface area contributed by atoms with E-state index in [0.29, 0.717) is 47.9 Å². The van der Waals surface area contributed by atoms with Crippen molar-refractivity contribution in [3.8, 4) is 11.5 Å². The van der Waals surface area contributed by atoms with Crippen molar-refractivity contribution in [2.24, 2.45) is 0 Å². The average Bonchev–Trinajstić information content (AvgIpc) is 3.07. The Morgan fingerprint density at radius 3 is 1.02 bits per heavy atom. The smallest absolute Gasteiger partial charge is 0.406 e. The van der Waals surface area contributed by atoms with Gasteiger partial charge in [-0.1, -0.05) is 81.6 Å². The van der Waals surface area contributed by atoms with Gasteiger partial charge in [0.05, 0.1) is 0 Å². The number of ether oxygens (including phenoxy) is 2. The zero-order valence-corrected chi connectivity index (χ0v) is 28.3. The highest BCUT2D eigenvalue weighted by molar-refractivity contribution is 5.32. The van der Waals surface area contributed by atoms with Crippen LogP contribution >= 0.6 is 0 Å². The minimum absolute atomic E-state index is 0.258. The molecule has 0 saturated heterocycles. The summed E-state index contributed by atoms with van der Waals surface area (Å²) in [6, 6.07) is 17.1. The van der Waals surface area contributed by atoms with Gasteiger partial charge in [-0.15, -0.1) is 26.3 Å². The van der Waals surface area contributed by atoms with Crippen LogP contribution in [0.4, 0.5) is 43.9 Å². The quantitative estimate of drug-likeness (QED) is 0.0896. The van der Waals surface area contributed by atoms with E-state index in [1.807, 2.05) is 13.8 Å². The molecule has 0 atom stereocenters. The number of rotatable bonds is 15. The number of aryl methyl sites for hydroxylation is 6. The van der Waals surface area contributed by atoms with Crippen LogP contribution in [0.15, 0.2) is 72.8 Å². The third-order valence-corrected chi connectivity index (χ3v) is 8.01. The fourth-order valence-corrected chi connectivity index (χ4v) is 5.24. The van der Waals surface area contributed by atoms with Crippen LogP contribution in [0.5, 0.6) is 11.5 Å². The Morgan fingerprint density at radius 1 is 0.392 bits per heavy atom. The second-order valence-electron chi connectivity index (χ2n) is 12.0. The summed E-state index contributed by atoms with van der Waals surface area (Å²) in [5.74, 6) is -3.90. The monoisotopic (exact) mass is 730 g/mol. The van der Waals surface area contributed by atoms with Crippen LogP contribution in [0.3, 0.4) is 0 Å². The standard InChI is InChI=1S/C20H21F5O.C19H19F5O/c1-2-3-4-5-15-10-11-16(19(22)18(15)21)9-6-14-7-12-17(13-8-14)26-20(23,24)25;1-2-3-4-14-9-10-15(18(21)17(14)20)8-5-13-6-11-16(12-7-13)25-19(22,23)24/h7-8,10-13H,2-6,9H2,1H3;6-7,9-12H,2-5,8H2,1H3. The van der Waals surface area contributed by atoms with Gasteiger partial charge in [-0.25, -0.2) is 17.6 Å². The Bertz CT molecular complexity index is 1650. The second-order valence-corrected chi connectivity index (χ2v) is 12.0. The van der Waals surface area contributed by atoms with E-state index < -0.39 is 36.0 Å². The van der Waals surface area contributed by atoms with Gasteiger partial charge in [-0.05, 0) is 109 Å². The number of hydrogen-bond acceptors (Lipinski definition) is 2. The molecule has 0 N–H and O–H groups in total. The molecule has 51 heavy (non-hydrogen) atoms. The lowest BCUT2D eigenvalue weighted by atomic mass is 10.00. The average molecular weight is 731 g/mol. The van der Waals surface area contributed by atoms with Crippen molar-refractivity contribution in [3.63, 3.8) is 0 Å². The summed E-state index contributed by atoms with van der Waals surface area (Å²) in [4.78, 5) is 0. The fourth-order valence-electron chi connectivity index (χ4n) is 5.24. The van der Waals surface area contributed by atoms with Crippen LogP contribution in [0.2, 0.25) is 0 Å². The Hall–Kier alpha value is -4.22. The van der Waals surface area contributed by atoms with E-state index in [1.54, 1.807) is 24.3 Å². The van der Waals surface area contributed by atoms with Crippen LogP contribution in [0, 0.1) is 23.3 Å². The van der Waals surface area contributed by atoms with Gasteiger partial charge in [0.2, 0.25) is 0 Å². The van der Waals surface area contributed by atoms with Crippen LogP contribution in [-0.2, 0) is 38.5 Å². The number of alkyl halides is 6. The van der Waals surface area contributed by atoms with Crippen molar-refractivity contribution in [2.75, 3.05) is 0 Å². The lowest BCUT2D eigenvalue weighted by molar-refractivity contribution is -0.275. The predicted molar refractivity (Wildman–Crippen MR) is 176 cm³/mol. The molecule has 0 spiro atoms. The first-order valence-electron chi connectivity index (χ1n) is 16.7. The Morgan fingerprint density at radius 2 is 0.706 bits per heavy atom. The minimum Gasteiger partial charge on any atom is -0.406 e. The van der Waals surface area contributed by atoms with Crippen molar-refractivity contribution >= 4 is 0 Å². The van der Waals surface area contributed by atoms with Crippen molar-refractivity contribution in [1.29, 1.82) is 0 Å². The molecule has 0 aliphatic rings. The first-order valence-corrected chi connectivity index (χ1v) is 16.7. The maximum absolute atomic E-state index is 14.2. The van der Waals surface area contributed by atoms with Gasteiger partial charge < -0.3 is 9.47 Å². The minimum atomic E-state index is -4.74. The molecule has 4 rings (SSSR count). The van der Waals surface area contributed by atoms with E-state index in [1.165, 1.54) is 48.5 Å². The Labute approximate surface area is 291 Å². The van der Waals surface area contributed by atoms with Crippen LogP contribution in [0.1, 0.15) is 79.3 Å². The summed E-state index contributed by atoms with van der Waals surface area (Å²) < 4.78 is 137. The predicted octanol–water partition coefficient (Wildman–Crippen LogP) is 12.4. The third-order valence-electron chi connectivity index (χ3n) is 8.01. The summed E-state index contributed by atoms with van der Waals surface area (Å²) >= 11 is 0.